The Hall–Kier alpha value is -1.94. The summed E-state index contributed by atoms with van der Waals surface area (Å²) in [6.45, 7) is 6.47. The van der Waals surface area contributed by atoms with Crippen molar-refractivity contribution in [3.8, 4) is 5.75 Å². The smallest absolute Gasteiger partial charge is 0.344 e. The molecule has 1 aromatic carbocycles. The number of aliphatic hydroxyl groups is 3. The number of carboxylic acid groups (broad SMARTS) is 1. The Labute approximate surface area is 260 Å². The lowest BCUT2D eigenvalue weighted by molar-refractivity contribution is -0.183. The summed E-state index contributed by atoms with van der Waals surface area (Å²) in [6.07, 6.45) is 4.84. The second-order valence-corrected chi connectivity index (χ2v) is 13.9. The summed E-state index contributed by atoms with van der Waals surface area (Å²) in [5.41, 5.74) is -2.04. The number of carbonyl (C=O) groups excluding carboxylic acids is 2. The van der Waals surface area contributed by atoms with Gasteiger partial charge in [0.15, 0.2) is 17.7 Å². The van der Waals surface area contributed by atoms with Gasteiger partial charge >= 0.3 is 5.97 Å². The average Bonchev–Trinajstić information content (AvgIpc) is 3.12. The lowest BCUT2D eigenvalue weighted by atomic mass is 9.46. The van der Waals surface area contributed by atoms with E-state index in [0.717, 1.165) is 5.57 Å². The number of aliphatic hydroxyl groups excluding tert-OH is 2. The van der Waals surface area contributed by atoms with Crippen molar-refractivity contribution in [2.75, 3.05) is 6.61 Å². The van der Waals surface area contributed by atoms with E-state index in [-0.39, 0.29) is 41.3 Å². The van der Waals surface area contributed by atoms with Crippen LogP contribution in [-0.4, -0.2) is 67.8 Å². The molecule has 0 heterocycles. The second-order valence-electron chi connectivity index (χ2n) is 12.5. The Bertz CT molecular complexity index is 1330. The van der Waals surface area contributed by atoms with Crippen molar-refractivity contribution < 1.29 is 39.5 Å². The maximum absolute atomic E-state index is 12.6. The summed E-state index contributed by atoms with van der Waals surface area (Å²) < 4.78 is 5.07. The first-order chi connectivity index (χ1) is 19.5. The van der Waals surface area contributed by atoms with Crippen LogP contribution in [0.25, 0.3) is 0 Å². The molecule has 3 saturated carbocycles. The van der Waals surface area contributed by atoms with Crippen LogP contribution in [-0.2, 0) is 14.4 Å². The zero-order valence-corrected chi connectivity index (χ0v) is 26.2. The lowest BCUT2D eigenvalue weighted by Gasteiger charge is -2.60. The molecule has 11 heteroatoms. The molecular formula is C31H37Cl3O8. The Kier molecular flexibility index (Phi) is 9.31. The van der Waals surface area contributed by atoms with E-state index in [0.29, 0.717) is 28.6 Å². The Morgan fingerprint density at radius 3 is 2.48 bits per heavy atom. The van der Waals surface area contributed by atoms with Gasteiger partial charge in [0.25, 0.3) is 0 Å². The van der Waals surface area contributed by atoms with Gasteiger partial charge in [-0.2, -0.15) is 0 Å². The topological polar surface area (TPSA) is 141 Å². The van der Waals surface area contributed by atoms with Gasteiger partial charge in [-0.1, -0.05) is 55.6 Å². The van der Waals surface area contributed by atoms with E-state index in [4.69, 9.17) is 44.6 Å². The minimum Gasteiger partial charge on any atom is -0.479 e. The molecular weight excluding hydrogens is 607 g/mol. The molecule has 0 amide bonds. The Balaban J connectivity index is 0.000000244. The number of hydrogen-bond donors (Lipinski definition) is 4. The number of hydrogen-bond acceptors (Lipinski definition) is 7. The highest BCUT2D eigenvalue weighted by molar-refractivity contribution is 6.35. The van der Waals surface area contributed by atoms with Gasteiger partial charge in [-0.05, 0) is 74.3 Å². The third kappa shape index (κ3) is 5.33. The van der Waals surface area contributed by atoms with E-state index in [1.165, 1.54) is 19.1 Å². The van der Waals surface area contributed by atoms with Gasteiger partial charge in [0.05, 0.1) is 11.1 Å². The highest BCUT2D eigenvalue weighted by Crippen LogP contribution is 2.68. The van der Waals surface area contributed by atoms with Gasteiger partial charge in [0, 0.05) is 27.1 Å². The molecule has 3 fully saturated rings. The Morgan fingerprint density at radius 1 is 1.21 bits per heavy atom. The number of alkyl halides is 1. The summed E-state index contributed by atoms with van der Waals surface area (Å²) in [7, 11) is 0. The second kappa shape index (κ2) is 11.9. The van der Waals surface area contributed by atoms with E-state index in [2.05, 4.69) is 6.92 Å². The van der Waals surface area contributed by atoms with Crippen LogP contribution < -0.4 is 4.74 Å². The maximum Gasteiger partial charge on any atom is 0.344 e. The predicted octanol–water partition coefficient (Wildman–Crippen LogP) is 4.87. The number of aliphatic carboxylic acids is 1. The first-order valence-electron chi connectivity index (χ1n) is 14.0. The van der Waals surface area contributed by atoms with E-state index >= 15 is 0 Å². The third-order valence-corrected chi connectivity index (χ3v) is 11.2. The van der Waals surface area contributed by atoms with Gasteiger partial charge in [0.1, 0.15) is 18.0 Å². The molecule has 42 heavy (non-hydrogen) atoms. The number of benzene rings is 1. The van der Waals surface area contributed by atoms with Crippen LogP contribution in [0, 0.1) is 34.5 Å². The van der Waals surface area contributed by atoms with Crippen molar-refractivity contribution in [3.63, 3.8) is 0 Å². The fourth-order valence-electron chi connectivity index (χ4n) is 8.10. The van der Waals surface area contributed by atoms with E-state index in [1.54, 1.807) is 18.2 Å². The number of carboxylic acids is 1. The monoisotopic (exact) mass is 642 g/mol. The molecule has 0 aromatic heterocycles. The van der Waals surface area contributed by atoms with Crippen LogP contribution in [0.4, 0.5) is 0 Å². The van der Waals surface area contributed by atoms with Crippen molar-refractivity contribution in [1.29, 1.82) is 0 Å². The van der Waals surface area contributed by atoms with Crippen LogP contribution in [0.5, 0.6) is 5.75 Å². The summed E-state index contributed by atoms with van der Waals surface area (Å²) in [6, 6.07) is 4.61. The van der Waals surface area contributed by atoms with Gasteiger partial charge in [-0.25, -0.2) is 4.79 Å². The number of rotatable bonds is 5. The molecule has 0 saturated heterocycles. The van der Waals surface area contributed by atoms with E-state index < -0.39 is 47.0 Å². The maximum atomic E-state index is 12.6. The molecule has 8 nitrogen and oxygen atoms in total. The number of ether oxygens (including phenoxy) is 1. The molecule has 10 atom stereocenters. The molecule has 0 spiro atoms. The molecule has 0 aliphatic heterocycles. The van der Waals surface area contributed by atoms with E-state index in [9.17, 15) is 29.7 Å². The largest absolute Gasteiger partial charge is 0.479 e. The average molecular weight is 644 g/mol. The van der Waals surface area contributed by atoms with Gasteiger partial charge < -0.3 is 25.2 Å². The van der Waals surface area contributed by atoms with Crippen molar-refractivity contribution in [2.24, 2.45) is 34.5 Å². The normalized spacial score (nSPS) is 39.1. The molecule has 230 valence electrons. The number of allylic oxidation sites excluding steroid dienone is 4. The molecule has 0 radical (unpaired) electrons. The highest BCUT2D eigenvalue weighted by Gasteiger charge is 2.71. The van der Waals surface area contributed by atoms with Gasteiger partial charge in [0.2, 0.25) is 0 Å². The van der Waals surface area contributed by atoms with Crippen molar-refractivity contribution in [2.45, 2.75) is 70.1 Å². The molecule has 1 aromatic rings. The fourth-order valence-corrected chi connectivity index (χ4v) is 9.06. The van der Waals surface area contributed by atoms with Crippen LogP contribution >= 0.6 is 34.8 Å². The number of ketones is 2. The predicted molar refractivity (Wildman–Crippen MR) is 159 cm³/mol. The summed E-state index contributed by atoms with van der Waals surface area (Å²) >= 11 is 18.3. The molecule has 4 aliphatic carbocycles. The van der Waals surface area contributed by atoms with Crippen molar-refractivity contribution >= 4 is 52.3 Å². The number of Topliss-reactive ketones (excluding diaryl/α,β-unsaturated/α-hetero) is 1. The van der Waals surface area contributed by atoms with Gasteiger partial charge in [-0.15, -0.1) is 11.6 Å². The minimum absolute atomic E-state index is 0.0525. The zero-order chi connectivity index (χ0) is 31.4. The Morgan fingerprint density at radius 2 is 1.88 bits per heavy atom. The molecule has 1 unspecified atom stereocenters. The van der Waals surface area contributed by atoms with Crippen LogP contribution in [0.15, 0.2) is 42.0 Å². The summed E-state index contributed by atoms with van der Waals surface area (Å²) in [4.78, 5) is 35.0. The van der Waals surface area contributed by atoms with Gasteiger partial charge in [-0.3, -0.25) is 9.59 Å². The standard InChI is InChI=1S/C22H29ClO5.C9H8Cl2O3/c1-11-6-14-18-15(23)8-12-7-13(25)4-5-20(12,2)19(18)16(26)9-21(14,3)22(11,28)17(27)10-24;1-5(9(12)13)14-8-3-2-6(10)4-7(8)11/h4-5,7,11,14-16,18-19,24,26,28H,6,8-10H2,1-3H3;2-5H,1H3,(H,12,13)/t11-,14+,15-,16+,18-,19+,20+,21+,22+;/m1./s1. The van der Waals surface area contributed by atoms with Crippen LogP contribution in [0.3, 0.4) is 0 Å². The molecule has 5 rings (SSSR count). The molecule has 4 N–H and O–H groups in total. The molecule has 4 aliphatic rings. The summed E-state index contributed by atoms with van der Waals surface area (Å²) in [5.74, 6) is -2.03. The highest BCUT2D eigenvalue weighted by atomic mass is 35.5. The number of halogens is 3. The van der Waals surface area contributed by atoms with E-state index in [1.807, 2.05) is 19.9 Å². The lowest BCUT2D eigenvalue weighted by Crippen LogP contribution is -2.64. The van der Waals surface area contributed by atoms with Crippen molar-refractivity contribution in [1.82, 2.24) is 0 Å². The molecule has 0 bridgehead atoms. The minimum atomic E-state index is -1.68. The SMILES string of the molecule is CC(Oc1ccc(Cl)cc1Cl)C(=O)O.C[C@@H]1C[C@H]2[C@H]3[C@H]([C@@H](O)C[C@]2(C)[C@@]1(O)C(=O)CO)[C@@]1(C)C=CC(=O)C=C1C[C@H]3Cl. The fraction of sp³-hybridized carbons (Fsp3) is 0.581. The first kappa shape index (κ1) is 33.0. The quantitative estimate of drug-likeness (QED) is 0.333. The summed E-state index contributed by atoms with van der Waals surface area (Å²) in [5, 5.41) is 41.3. The third-order valence-electron chi connectivity index (χ3n) is 10.2. The number of fused-ring (bicyclic) bond motifs is 5. The zero-order valence-electron chi connectivity index (χ0n) is 23.9. The first-order valence-corrected chi connectivity index (χ1v) is 15.2. The van der Waals surface area contributed by atoms with Crippen LogP contribution in [0.1, 0.15) is 47.0 Å². The number of carbonyl (C=O) groups is 3. The van der Waals surface area contributed by atoms with Crippen LogP contribution in [0.2, 0.25) is 10.0 Å². The van der Waals surface area contributed by atoms with Crippen molar-refractivity contribution in [3.05, 3.63) is 52.0 Å².